The Morgan fingerprint density at radius 2 is 1.86 bits per heavy atom. The van der Waals surface area contributed by atoms with E-state index in [4.69, 9.17) is 4.74 Å². The summed E-state index contributed by atoms with van der Waals surface area (Å²) in [6.07, 6.45) is 1.68. The fourth-order valence-corrected chi connectivity index (χ4v) is 4.42. The summed E-state index contributed by atoms with van der Waals surface area (Å²) in [4.78, 5) is -0.665. The standard InChI is InChI=1S/C18H16F2N4O3S/c19-13-6-7-17(20)18(8-13)28(25,26)23-10-15(11-23)24-9-14(21-22-24)12-27-16-4-2-1-3-5-16/h1-9,15H,10-12H2. The number of halogens is 2. The summed E-state index contributed by atoms with van der Waals surface area (Å²) in [5.41, 5.74) is 0.598. The molecule has 1 aliphatic rings. The summed E-state index contributed by atoms with van der Waals surface area (Å²) in [7, 11) is -4.10. The quantitative estimate of drug-likeness (QED) is 0.628. The molecule has 3 aromatic rings. The molecule has 4 rings (SSSR count). The van der Waals surface area contributed by atoms with Gasteiger partial charge in [0, 0.05) is 13.1 Å². The molecule has 0 aliphatic carbocycles. The summed E-state index contributed by atoms with van der Waals surface area (Å²) in [6.45, 7) is 0.425. The molecule has 1 aromatic heterocycles. The van der Waals surface area contributed by atoms with Gasteiger partial charge >= 0.3 is 0 Å². The molecule has 0 unspecified atom stereocenters. The van der Waals surface area contributed by atoms with Crippen molar-refractivity contribution in [2.45, 2.75) is 17.5 Å². The normalized spacial score (nSPS) is 15.4. The number of nitrogens with zero attached hydrogens (tertiary/aromatic N) is 4. The van der Waals surface area contributed by atoms with Gasteiger partial charge in [-0.15, -0.1) is 5.10 Å². The van der Waals surface area contributed by atoms with Crippen LogP contribution in [-0.4, -0.2) is 40.8 Å². The van der Waals surface area contributed by atoms with E-state index in [-0.39, 0.29) is 25.7 Å². The van der Waals surface area contributed by atoms with E-state index < -0.39 is 26.6 Å². The third-order valence-corrected chi connectivity index (χ3v) is 6.25. The van der Waals surface area contributed by atoms with Gasteiger partial charge in [-0.1, -0.05) is 23.4 Å². The van der Waals surface area contributed by atoms with E-state index >= 15 is 0 Å². The van der Waals surface area contributed by atoms with Crippen molar-refractivity contribution >= 4 is 10.0 Å². The smallest absolute Gasteiger partial charge is 0.246 e. The van der Waals surface area contributed by atoms with Crippen LogP contribution >= 0.6 is 0 Å². The summed E-state index contributed by atoms with van der Waals surface area (Å²) < 4.78 is 60.3. The van der Waals surface area contributed by atoms with Crippen LogP contribution in [0.5, 0.6) is 5.75 Å². The van der Waals surface area contributed by atoms with Gasteiger partial charge in [0.05, 0.1) is 12.2 Å². The van der Waals surface area contributed by atoms with Crippen molar-refractivity contribution < 1.29 is 21.9 Å². The summed E-state index contributed by atoms with van der Waals surface area (Å²) in [5.74, 6) is -1.09. The van der Waals surface area contributed by atoms with Crippen molar-refractivity contribution in [2.24, 2.45) is 0 Å². The van der Waals surface area contributed by atoms with Gasteiger partial charge in [0.25, 0.3) is 0 Å². The lowest BCUT2D eigenvalue weighted by atomic mass is 10.2. The van der Waals surface area contributed by atoms with Gasteiger partial charge in [-0.2, -0.15) is 4.31 Å². The molecule has 0 radical (unpaired) electrons. The fraction of sp³-hybridized carbons (Fsp3) is 0.222. The molecule has 1 fully saturated rings. The molecule has 2 aromatic carbocycles. The minimum absolute atomic E-state index is 0.0978. The molecule has 146 valence electrons. The molecule has 1 saturated heterocycles. The maximum Gasteiger partial charge on any atom is 0.246 e. The Morgan fingerprint density at radius 3 is 2.61 bits per heavy atom. The molecule has 0 N–H and O–H groups in total. The zero-order valence-corrected chi connectivity index (χ0v) is 15.4. The van der Waals surface area contributed by atoms with Crippen LogP contribution in [0, 0.1) is 11.6 Å². The second kappa shape index (κ2) is 7.28. The highest BCUT2D eigenvalue weighted by atomic mass is 32.2. The van der Waals surface area contributed by atoms with Gasteiger partial charge in [0.15, 0.2) is 0 Å². The van der Waals surface area contributed by atoms with E-state index in [0.29, 0.717) is 17.5 Å². The largest absolute Gasteiger partial charge is 0.487 e. The zero-order valence-electron chi connectivity index (χ0n) is 14.6. The number of hydrogen-bond acceptors (Lipinski definition) is 5. The first-order valence-corrected chi connectivity index (χ1v) is 9.91. The molecule has 0 atom stereocenters. The number of para-hydroxylation sites is 1. The van der Waals surface area contributed by atoms with Gasteiger partial charge in [0.1, 0.15) is 34.6 Å². The Bertz CT molecular complexity index is 1080. The van der Waals surface area contributed by atoms with Crippen molar-refractivity contribution in [2.75, 3.05) is 13.1 Å². The van der Waals surface area contributed by atoms with Crippen LogP contribution in [0.15, 0.2) is 59.6 Å². The monoisotopic (exact) mass is 406 g/mol. The average Bonchev–Trinajstić information content (AvgIpc) is 3.10. The molecule has 10 heteroatoms. The average molecular weight is 406 g/mol. The van der Waals surface area contributed by atoms with E-state index in [0.717, 1.165) is 16.4 Å². The minimum Gasteiger partial charge on any atom is -0.487 e. The van der Waals surface area contributed by atoms with Gasteiger partial charge in [-0.05, 0) is 30.3 Å². The van der Waals surface area contributed by atoms with E-state index in [1.54, 1.807) is 10.9 Å². The molecule has 28 heavy (non-hydrogen) atoms. The van der Waals surface area contributed by atoms with Crippen LogP contribution in [0.2, 0.25) is 0 Å². The number of hydrogen-bond donors (Lipinski definition) is 0. The van der Waals surface area contributed by atoms with E-state index in [9.17, 15) is 17.2 Å². The van der Waals surface area contributed by atoms with Crippen molar-refractivity contribution in [3.8, 4) is 5.75 Å². The summed E-state index contributed by atoms with van der Waals surface area (Å²) in [5, 5.41) is 8.02. The zero-order chi connectivity index (χ0) is 19.7. The Balaban J connectivity index is 1.39. The second-order valence-electron chi connectivity index (χ2n) is 6.34. The van der Waals surface area contributed by atoms with E-state index in [1.807, 2.05) is 30.3 Å². The second-order valence-corrected chi connectivity index (χ2v) is 8.25. The third-order valence-electron chi connectivity index (χ3n) is 4.40. The lowest BCUT2D eigenvalue weighted by Crippen LogP contribution is -2.50. The maximum atomic E-state index is 13.8. The Labute approximate surface area is 160 Å². The van der Waals surface area contributed by atoms with Crippen LogP contribution < -0.4 is 4.74 Å². The first kappa shape index (κ1) is 18.5. The molecule has 0 bridgehead atoms. The van der Waals surface area contributed by atoms with Crippen molar-refractivity contribution in [1.82, 2.24) is 19.3 Å². The molecular formula is C18H16F2N4O3S. The SMILES string of the molecule is O=S(=O)(c1cc(F)ccc1F)N1CC(n2cc(COc3ccccc3)nn2)C1. The molecule has 0 saturated carbocycles. The predicted molar refractivity (Wildman–Crippen MR) is 94.9 cm³/mol. The van der Waals surface area contributed by atoms with Gasteiger partial charge in [-0.25, -0.2) is 21.9 Å². The molecule has 2 heterocycles. The Hall–Kier alpha value is -2.85. The van der Waals surface area contributed by atoms with Crippen LogP contribution in [0.4, 0.5) is 8.78 Å². The minimum atomic E-state index is -4.10. The van der Waals surface area contributed by atoms with Crippen LogP contribution in [0.1, 0.15) is 11.7 Å². The Morgan fingerprint density at radius 1 is 1.11 bits per heavy atom. The fourth-order valence-electron chi connectivity index (χ4n) is 2.83. The van der Waals surface area contributed by atoms with Gasteiger partial charge < -0.3 is 4.74 Å². The maximum absolute atomic E-state index is 13.8. The summed E-state index contributed by atoms with van der Waals surface area (Å²) in [6, 6.07) is 11.4. The third kappa shape index (κ3) is 3.60. The number of aromatic nitrogens is 3. The molecule has 7 nitrogen and oxygen atoms in total. The highest BCUT2D eigenvalue weighted by molar-refractivity contribution is 7.89. The van der Waals surface area contributed by atoms with Crippen molar-refractivity contribution in [1.29, 1.82) is 0 Å². The molecule has 0 spiro atoms. The highest BCUT2D eigenvalue weighted by Crippen LogP contribution is 2.29. The van der Waals surface area contributed by atoms with Crippen molar-refractivity contribution in [3.05, 3.63) is 72.1 Å². The number of rotatable bonds is 6. The lowest BCUT2D eigenvalue weighted by molar-refractivity contribution is 0.188. The molecule has 1 aliphatic heterocycles. The van der Waals surface area contributed by atoms with E-state index in [2.05, 4.69) is 10.3 Å². The lowest BCUT2D eigenvalue weighted by Gasteiger charge is -2.37. The van der Waals surface area contributed by atoms with Gasteiger partial charge in [-0.3, -0.25) is 0 Å². The Kier molecular flexibility index (Phi) is 4.82. The van der Waals surface area contributed by atoms with Crippen LogP contribution in [-0.2, 0) is 16.6 Å². The highest BCUT2D eigenvalue weighted by Gasteiger charge is 2.39. The first-order valence-electron chi connectivity index (χ1n) is 8.47. The summed E-state index contributed by atoms with van der Waals surface area (Å²) >= 11 is 0. The van der Waals surface area contributed by atoms with Crippen LogP contribution in [0.25, 0.3) is 0 Å². The predicted octanol–water partition coefficient (Wildman–Crippen LogP) is 2.38. The topological polar surface area (TPSA) is 77.3 Å². The number of benzene rings is 2. The van der Waals surface area contributed by atoms with Gasteiger partial charge in [0.2, 0.25) is 10.0 Å². The number of ether oxygens (including phenoxy) is 1. The van der Waals surface area contributed by atoms with Crippen LogP contribution in [0.3, 0.4) is 0 Å². The number of sulfonamides is 1. The molecule has 0 amide bonds. The first-order chi connectivity index (χ1) is 13.4. The van der Waals surface area contributed by atoms with E-state index in [1.165, 1.54) is 0 Å². The molecular weight excluding hydrogens is 390 g/mol. The van der Waals surface area contributed by atoms with Crippen molar-refractivity contribution in [3.63, 3.8) is 0 Å².